The minimum absolute atomic E-state index is 0.0122. The largest absolute Gasteiger partial charge is 0.324 e. The van der Waals surface area contributed by atoms with Crippen LogP contribution in [0.2, 0.25) is 0 Å². The van der Waals surface area contributed by atoms with Crippen molar-refractivity contribution >= 4 is 23.4 Å². The Kier molecular flexibility index (Phi) is 6.68. The van der Waals surface area contributed by atoms with Crippen LogP contribution in [0.1, 0.15) is 25.5 Å². The van der Waals surface area contributed by atoms with Crippen LogP contribution in [0, 0.1) is 0 Å². The molecule has 0 aliphatic heterocycles. The van der Waals surface area contributed by atoms with E-state index in [-0.39, 0.29) is 11.9 Å². The van der Waals surface area contributed by atoms with Gasteiger partial charge in [-0.15, -0.1) is 11.8 Å². The number of benzene rings is 2. The Bertz CT molecular complexity index is 626. The molecule has 4 heteroatoms. The van der Waals surface area contributed by atoms with E-state index in [0.29, 0.717) is 0 Å². The van der Waals surface area contributed by atoms with Crippen LogP contribution in [0.4, 0.5) is 5.69 Å². The second-order valence-electron chi connectivity index (χ2n) is 5.26. The minimum atomic E-state index is -0.274. The summed E-state index contributed by atoms with van der Waals surface area (Å²) in [6.45, 7) is 5.82. The number of nitrogens with one attached hydrogen (secondary N) is 1. The minimum Gasteiger partial charge on any atom is -0.324 e. The van der Waals surface area contributed by atoms with Crippen molar-refractivity contribution in [2.75, 3.05) is 24.7 Å². The number of anilines is 1. The third-order valence-electron chi connectivity index (χ3n) is 3.88. The van der Waals surface area contributed by atoms with Gasteiger partial charge in [-0.2, -0.15) is 0 Å². The van der Waals surface area contributed by atoms with Crippen LogP contribution in [0.3, 0.4) is 0 Å². The molecule has 0 heterocycles. The molecule has 0 aliphatic carbocycles. The van der Waals surface area contributed by atoms with Crippen molar-refractivity contribution in [2.45, 2.75) is 24.8 Å². The molecule has 0 bridgehead atoms. The number of rotatable bonds is 7. The van der Waals surface area contributed by atoms with E-state index in [1.165, 1.54) is 0 Å². The monoisotopic (exact) mass is 328 g/mol. The van der Waals surface area contributed by atoms with Gasteiger partial charge in [0.05, 0.1) is 0 Å². The molecule has 2 aromatic carbocycles. The number of carbonyl (C=O) groups excluding carboxylic acids is 1. The molecule has 23 heavy (non-hydrogen) atoms. The van der Waals surface area contributed by atoms with Crippen molar-refractivity contribution in [2.24, 2.45) is 0 Å². The number of hydrogen-bond acceptors (Lipinski definition) is 3. The van der Waals surface area contributed by atoms with Gasteiger partial charge in [0.1, 0.15) is 6.04 Å². The van der Waals surface area contributed by atoms with E-state index in [2.05, 4.69) is 24.1 Å². The first kappa shape index (κ1) is 17.6. The Morgan fingerprint density at radius 1 is 1.09 bits per heavy atom. The van der Waals surface area contributed by atoms with E-state index < -0.39 is 0 Å². The van der Waals surface area contributed by atoms with Gasteiger partial charge in [0, 0.05) is 10.6 Å². The van der Waals surface area contributed by atoms with Gasteiger partial charge in [-0.25, -0.2) is 0 Å². The first-order valence-electron chi connectivity index (χ1n) is 7.93. The molecule has 0 aliphatic rings. The van der Waals surface area contributed by atoms with E-state index in [4.69, 9.17) is 0 Å². The molecule has 0 saturated heterocycles. The fourth-order valence-corrected chi connectivity index (χ4v) is 3.12. The van der Waals surface area contributed by atoms with Crippen LogP contribution in [-0.4, -0.2) is 30.2 Å². The summed E-state index contributed by atoms with van der Waals surface area (Å²) in [6, 6.07) is 17.6. The lowest BCUT2D eigenvalue weighted by Gasteiger charge is -2.29. The van der Waals surface area contributed by atoms with Crippen LogP contribution < -0.4 is 5.32 Å². The molecule has 122 valence electrons. The summed E-state index contributed by atoms with van der Waals surface area (Å²) in [7, 11) is 0. The molecular formula is C19H24N2OS. The predicted molar refractivity (Wildman–Crippen MR) is 99.0 cm³/mol. The molecule has 2 rings (SSSR count). The molecule has 0 saturated carbocycles. The van der Waals surface area contributed by atoms with Crippen molar-refractivity contribution in [3.63, 3.8) is 0 Å². The average Bonchev–Trinajstić information content (AvgIpc) is 2.60. The standard InChI is InChI=1S/C19H24N2OS/c1-4-21(5-2)18(15-10-7-6-8-11-15)19(22)20-16-12-9-13-17(14-16)23-3/h6-14,18H,4-5H2,1-3H3,(H,20,22). The van der Waals surface area contributed by atoms with E-state index in [1.807, 2.05) is 60.9 Å². The summed E-state index contributed by atoms with van der Waals surface area (Å²) in [6.07, 6.45) is 2.03. The molecule has 1 amide bonds. The lowest BCUT2D eigenvalue weighted by molar-refractivity contribution is -0.121. The van der Waals surface area contributed by atoms with Gasteiger partial charge in [0.15, 0.2) is 0 Å². The number of thioether (sulfide) groups is 1. The second kappa shape index (κ2) is 8.75. The normalized spacial score (nSPS) is 12.2. The SMILES string of the molecule is CCN(CC)C(C(=O)Nc1cccc(SC)c1)c1ccccc1. The van der Waals surface area contributed by atoms with Crippen LogP contribution >= 0.6 is 11.8 Å². The molecule has 3 nitrogen and oxygen atoms in total. The number of likely N-dealkylation sites (N-methyl/N-ethyl adjacent to an activating group) is 1. The summed E-state index contributed by atoms with van der Waals surface area (Å²) in [5.41, 5.74) is 1.87. The van der Waals surface area contributed by atoms with Gasteiger partial charge >= 0.3 is 0 Å². The van der Waals surface area contributed by atoms with Gasteiger partial charge < -0.3 is 5.32 Å². The third kappa shape index (κ3) is 4.60. The van der Waals surface area contributed by atoms with Crippen molar-refractivity contribution < 1.29 is 4.79 Å². The maximum absolute atomic E-state index is 12.9. The fraction of sp³-hybridized carbons (Fsp3) is 0.316. The first-order chi connectivity index (χ1) is 11.2. The fourth-order valence-electron chi connectivity index (χ4n) is 2.66. The Morgan fingerprint density at radius 3 is 2.39 bits per heavy atom. The topological polar surface area (TPSA) is 32.3 Å². The van der Waals surface area contributed by atoms with Gasteiger partial charge in [0.25, 0.3) is 0 Å². The summed E-state index contributed by atoms with van der Waals surface area (Å²) in [5.74, 6) is 0.0122. The van der Waals surface area contributed by atoms with Gasteiger partial charge in [-0.3, -0.25) is 9.69 Å². The van der Waals surface area contributed by atoms with Crippen LogP contribution in [0.15, 0.2) is 59.5 Å². The number of carbonyl (C=O) groups is 1. The zero-order chi connectivity index (χ0) is 16.7. The predicted octanol–water partition coefficient (Wildman–Crippen LogP) is 4.43. The molecule has 1 N–H and O–H groups in total. The van der Waals surface area contributed by atoms with Gasteiger partial charge in [-0.05, 0) is 43.1 Å². The zero-order valence-electron chi connectivity index (χ0n) is 14.0. The summed E-state index contributed by atoms with van der Waals surface area (Å²) < 4.78 is 0. The van der Waals surface area contributed by atoms with Crippen molar-refractivity contribution in [1.82, 2.24) is 4.90 Å². The van der Waals surface area contributed by atoms with E-state index in [1.54, 1.807) is 11.8 Å². The highest BCUT2D eigenvalue weighted by Crippen LogP contribution is 2.24. The number of amides is 1. The summed E-state index contributed by atoms with van der Waals surface area (Å²) >= 11 is 1.67. The van der Waals surface area contributed by atoms with Crippen molar-refractivity contribution in [3.05, 3.63) is 60.2 Å². The quantitative estimate of drug-likeness (QED) is 0.763. The number of hydrogen-bond donors (Lipinski definition) is 1. The highest BCUT2D eigenvalue weighted by molar-refractivity contribution is 7.98. The van der Waals surface area contributed by atoms with E-state index in [0.717, 1.165) is 29.2 Å². The molecule has 0 aromatic heterocycles. The molecule has 1 unspecified atom stereocenters. The maximum Gasteiger partial charge on any atom is 0.246 e. The Balaban J connectivity index is 2.26. The van der Waals surface area contributed by atoms with Crippen molar-refractivity contribution in [1.29, 1.82) is 0 Å². The highest BCUT2D eigenvalue weighted by Gasteiger charge is 2.25. The Morgan fingerprint density at radius 2 is 1.78 bits per heavy atom. The molecule has 0 fully saturated rings. The Hall–Kier alpha value is -1.78. The highest BCUT2D eigenvalue weighted by atomic mass is 32.2. The maximum atomic E-state index is 12.9. The Labute approximate surface area is 143 Å². The van der Waals surface area contributed by atoms with Crippen LogP contribution in [0.25, 0.3) is 0 Å². The third-order valence-corrected chi connectivity index (χ3v) is 4.60. The smallest absolute Gasteiger partial charge is 0.246 e. The van der Waals surface area contributed by atoms with E-state index >= 15 is 0 Å². The summed E-state index contributed by atoms with van der Waals surface area (Å²) in [4.78, 5) is 16.2. The summed E-state index contributed by atoms with van der Waals surface area (Å²) in [5, 5.41) is 3.07. The molecule has 0 spiro atoms. The van der Waals surface area contributed by atoms with Crippen molar-refractivity contribution in [3.8, 4) is 0 Å². The average molecular weight is 328 g/mol. The lowest BCUT2D eigenvalue weighted by Crippen LogP contribution is -2.37. The van der Waals surface area contributed by atoms with Crippen LogP contribution in [-0.2, 0) is 4.79 Å². The van der Waals surface area contributed by atoms with Gasteiger partial charge in [0.2, 0.25) is 5.91 Å². The molecule has 0 radical (unpaired) electrons. The zero-order valence-corrected chi connectivity index (χ0v) is 14.8. The van der Waals surface area contributed by atoms with Crippen LogP contribution in [0.5, 0.6) is 0 Å². The number of nitrogens with zero attached hydrogens (tertiary/aromatic N) is 1. The second-order valence-corrected chi connectivity index (χ2v) is 6.14. The lowest BCUT2D eigenvalue weighted by atomic mass is 10.0. The molecule has 1 atom stereocenters. The molecular weight excluding hydrogens is 304 g/mol. The van der Waals surface area contributed by atoms with E-state index in [9.17, 15) is 4.79 Å². The molecule has 2 aromatic rings. The first-order valence-corrected chi connectivity index (χ1v) is 9.16. The van der Waals surface area contributed by atoms with Gasteiger partial charge in [-0.1, -0.05) is 50.2 Å².